The Labute approximate surface area is 230 Å². The second kappa shape index (κ2) is 10.6. The summed E-state index contributed by atoms with van der Waals surface area (Å²) < 4.78 is 11.8. The van der Waals surface area contributed by atoms with E-state index in [4.69, 9.17) is 20.2 Å². The molecule has 0 aromatic heterocycles. The molecule has 208 valence electrons. The Morgan fingerprint density at radius 2 is 2.00 bits per heavy atom. The van der Waals surface area contributed by atoms with Crippen molar-refractivity contribution in [1.29, 1.82) is 0 Å². The van der Waals surface area contributed by atoms with Gasteiger partial charge < -0.3 is 20.5 Å². The minimum atomic E-state index is -0.497. The van der Waals surface area contributed by atoms with Gasteiger partial charge in [0.1, 0.15) is 11.4 Å². The van der Waals surface area contributed by atoms with Crippen molar-refractivity contribution in [1.82, 2.24) is 10.2 Å². The van der Waals surface area contributed by atoms with Gasteiger partial charge in [-0.1, -0.05) is 37.6 Å². The Morgan fingerprint density at radius 1 is 1.18 bits per heavy atom. The summed E-state index contributed by atoms with van der Waals surface area (Å²) in [6, 6.07) is 13.0. The fourth-order valence-electron chi connectivity index (χ4n) is 6.27. The van der Waals surface area contributed by atoms with E-state index in [1.165, 1.54) is 5.56 Å². The molecule has 8 heteroatoms. The van der Waals surface area contributed by atoms with E-state index in [0.717, 1.165) is 49.0 Å². The van der Waals surface area contributed by atoms with E-state index >= 15 is 0 Å². The van der Waals surface area contributed by atoms with E-state index in [1.54, 1.807) is 18.1 Å². The fourth-order valence-corrected chi connectivity index (χ4v) is 6.27. The number of hydrogen-bond acceptors (Lipinski definition) is 6. The van der Waals surface area contributed by atoms with Gasteiger partial charge in [-0.2, -0.15) is 0 Å². The third kappa shape index (κ3) is 5.53. The number of ether oxygens (including phenoxy) is 2. The van der Waals surface area contributed by atoms with Gasteiger partial charge in [-0.25, -0.2) is 4.99 Å². The Morgan fingerprint density at radius 3 is 2.74 bits per heavy atom. The lowest BCUT2D eigenvalue weighted by atomic mass is 9.84. The minimum Gasteiger partial charge on any atom is -0.487 e. The van der Waals surface area contributed by atoms with Crippen molar-refractivity contribution in [3.8, 4) is 5.75 Å². The van der Waals surface area contributed by atoms with Crippen molar-refractivity contribution < 1.29 is 19.1 Å². The fraction of sp³-hybridized carbons (Fsp3) is 0.516. The number of carbonyl (C=O) groups excluding carboxylic acids is 2. The highest BCUT2D eigenvalue weighted by Gasteiger charge is 2.41. The van der Waals surface area contributed by atoms with Crippen molar-refractivity contribution in [2.45, 2.75) is 88.9 Å². The largest absolute Gasteiger partial charge is 0.487 e. The van der Waals surface area contributed by atoms with Gasteiger partial charge in [-0.05, 0) is 68.9 Å². The quantitative estimate of drug-likeness (QED) is 0.589. The summed E-state index contributed by atoms with van der Waals surface area (Å²) in [4.78, 5) is 33.7. The first-order valence-corrected chi connectivity index (χ1v) is 14.0. The van der Waals surface area contributed by atoms with E-state index in [-0.39, 0.29) is 30.4 Å². The first kappa shape index (κ1) is 27.2. The van der Waals surface area contributed by atoms with Crippen molar-refractivity contribution in [3.63, 3.8) is 0 Å². The van der Waals surface area contributed by atoms with Gasteiger partial charge in [0, 0.05) is 24.7 Å². The second-order valence-corrected chi connectivity index (χ2v) is 11.8. The van der Waals surface area contributed by atoms with Gasteiger partial charge in [0.25, 0.3) is 5.91 Å². The van der Waals surface area contributed by atoms with Crippen LogP contribution in [-0.2, 0) is 16.0 Å². The monoisotopic (exact) mass is 532 g/mol. The predicted octanol–water partition coefficient (Wildman–Crippen LogP) is 4.83. The number of nitrogens with two attached hydrogens (primary N) is 1. The first-order valence-electron chi connectivity index (χ1n) is 14.0. The lowest BCUT2D eigenvalue weighted by molar-refractivity contribution is -0.132. The molecule has 3 N–H and O–H groups in total. The highest BCUT2D eigenvalue weighted by atomic mass is 16.5. The molecule has 39 heavy (non-hydrogen) atoms. The number of nitrogens with one attached hydrogen (secondary N) is 1. The predicted molar refractivity (Wildman–Crippen MR) is 151 cm³/mol. The number of aryl methyl sites for hydroxylation is 1. The number of rotatable bonds is 3. The average molecular weight is 533 g/mol. The molecule has 0 saturated heterocycles. The third-order valence-electron chi connectivity index (χ3n) is 8.37. The van der Waals surface area contributed by atoms with Crippen molar-refractivity contribution >= 4 is 17.8 Å². The molecule has 6 bridgehead atoms. The maximum atomic E-state index is 13.6. The summed E-state index contributed by atoms with van der Waals surface area (Å²) in [6.45, 7) is 6.41. The summed E-state index contributed by atoms with van der Waals surface area (Å²) in [6.07, 6.45) is 5.30. The minimum absolute atomic E-state index is 0.0629. The zero-order valence-electron chi connectivity index (χ0n) is 23.5. The number of aliphatic imine (C=N–C) groups is 1. The Kier molecular flexibility index (Phi) is 7.42. The van der Waals surface area contributed by atoms with Crippen LogP contribution in [0.15, 0.2) is 47.5 Å². The Balaban J connectivity index is 1.58. The van der Waals surface area contributed by atoms with Gasteiger partial charge in [0.2, 0.25) is 5.91 Å². The molecule has 4 aliphatic heterocycles. The van der Waals surface area contributed by atoms with Gasteiger partial charge in [-0.15, -0.1) is 0 Å². The van der Waals surface area contributed by atoms with E-state index in [1.807, 2.05) is 38.1 Å². The second-order valence-electron chi connectivity index (χ2n) is 11.8. The van der Waals surface area contributed by atoms with Crippen LogP contribution in [0, 0.1) is 0 Å². The highest BCUT2D eigenvalue weighted by Crippen LogP contribution is 2.41. The first-order chi connectivity index (χ1) is 18.6. The molecule has 0 aliphatic carbocycles. The summed E-state index contributed by atoms with van der Waals surface area (Å²) >= 11 is 0. The normalized spacial score (nSPS) is 26.7. The van der Waals surface area contributed by atoms with Crippen molar-refractivity contribution in [2.75, 3.05) is 13.7 Å². The molecule has 1 unspecified atom stereocenters. The van der Waals surface area contributed by atoms with Gasteiger partial charge in [0.05, 0.1) is 30.7 Å². The van der Waals surface area contributed by atoms with Crippen LogP contribution in [0.1, 0.15) is 98.4 Å². The number of hydrogen-bond donors (Lipinski definition) is 2. The lowest BCUT2D eigenvalue weighted by Crippen LogP contribution is -2.53. The molecule has 4 aliphatic rings. The van der Waals surface area contributed by atoms with E-state index < -0.39 is 17.2 Å². The van der Waals surface area contributed by atoms with Gasteiger partial charge in [0.15, 0.2) is 5.96 Å². The van der Waals surface area contributed by atoms with Crippen LogP contribution in [0.4, 0.5) is 0 Å². The molecule has 0 saturated carbocycles. The molecular formula is C31H40N4O4. The molecule has 2 amide bonds. The van der Waals surface area contributed by atoms with Crippen molar-refractivity contribution in [2.24, 2.45) is 10.7 Å². The van der Waals surface area contributed by atoms with Crippen LogP contribution in [0.2, 0.25) is 0 Å². The zero-order chi connectivity index (χ0) is 27.8. The maximum absolute atomic E-state index is 13.6. The molecule has 8 nitrogen and oxygen atoms in total. The molecule has 0 spiro atoms. The highest BCUT2D eigenvalue weighted by molar-refractivity contribution is 6.00. The average Bonchev–Trinajstić information content (AvgIpc) is 2.89. The smallest absolute Gasteiger partial charge is 0.251 e. The molecule has 0 fully saturated rings. The molecule has 0 radical (unpaired) electrons. The summed E-state index contributed by atoms with van der Waals surface area (Å²) in [5.74, 6) is 0.801. The number of nitrogens with zero attached hydrogens (tertiary/aromatic N) is 2. The summed E-state index contributed by atoms with van der Waals surface area (Å²) in [5.41, 5.74) is 9.12. The molecule has 3 atom stereocenters. The number of carbonyl (C=O) groups is 2. The Bertz CT molecular complexity index is 1290. The van der Waals surface area contributed by atoms with Crippen LogP contribution >= 0.6 is 0 Å². The van der Waals surface area contributed by atoms with Crippen LogP contribution in [-0.4, -0.2) is 47.5 Å². The number of methoxy groups -OCH3 is 1. The number of amides is 2. The number of fused-ring (bicyclic) bond motifs is 5. The van der Waals surface area contributed by atoms with E-state index in [2.05, 4.69) is 24.4 Å². The lowest BCUT2D eigenvalue weighted by Gasteiger charge is -2.40. The van der Waals surface area contributed by atoms with Gasteiger partial charge >= 0.3 is 0 Å². The van der Waals surface area contributed by atoms with Crippen LogP contribution < -0.4 is 15.8 Å². The zero-order valence-corrected chi connectivity index (χ0v) is 23.5. The van der Waals surface area contributed by atoms with Gasteiger partial charge in [-0.3, -0.25) is 14.5 Å². The van der Waals surface area contributed by atoms with Crippen LogP contribution in [0.3, 0.4) is 0 Å². The van der Waals surface area contributed by atoms with Crippen LogP contribution in [0.25, 0.3) is 0 Å². The maximum Gasteiger partial charge on any atom is 0.251 e. The van der Waals surface area contributed by atoms with E-state index in [0.29, 0.717) is 18.4 Å². The van der Waals surface area contributed by atoms with E-state index in [9.17, 15) is 9.59 Å². The standard InChI is InChI=1S/C31H40N4O4/c1-5-31-14-7-6-9-20-12-13-26-23(15-20)24(17-30(2,3)39-26)33-28(37)22-11-8-10-21(16-22)25(19-38-4)35(27(36)18-31)29(32)34-31/h8,10-13,15-16,24-25H,5-7,9,14,17-19H2,1-4H3,(H2,32,34)(H,33,37)/t24-,25?,31+/m0/s1. The van der Waals surface area contributed by atoms with Crippen LogP contribution in [0.5, 0.6) is 5.75 Å². The molecule has 4 heterocycles. The third-order valence-corrected chi connectivity index (χ3v) is 8.37. The number of benzene rings is 2. The molecular weight excluding hydrogens is 492 g/mol. The molecule has 6 rings (SSSR count). The topological polar surface area (TPSA) is 106 Å². The molecule has 2 aromatic rings. The van der Waals surface area contributed by atoms with Crippen molar-refractivity contribution in [3.05, 3.63) is 64.7 Å². The number of guanidine groups is 1. The Hall–Kier alpha value is -3.39. The summed E-state index contributed by atoms with van der Waals surface area (Å²) in [7, 11) is 1.60. The SMILES string of the molecule is CC[C@@]12CCCCc3ccc4c(c3)[C@H](CC(C)(C)O4)NC(=O)c3cccc(c3)C(COC)N(C(=O)C1)C(N)=N2. The molecule has 2 aromatic carbocycles. The summed E-state index contributed by atoms with van der Waals surface area (Å²) in [5, 5.41) is 3.27.